The van der Waals surface area contributed by atoms with Crippen molar-refractivity contribution in [2.75, 3.05) is 19.7 Å². The lowest BCUT2D eigenvalue weighted by Gasteiger charge is -2.39. The number of hydrogen-bond acceptors (Lipinski definition) is 4. The lowest BCUT2D eigenvalue weighted by molar-refractivity contribution is -0.143. The van der Waals surface area contributed by atoms with E-state index in [0.717, 1.165) is 31.6 Å². The Hall–Kier alpha value is -0.610. The van der Waals surface area contributed by atoms with Crippen LogP contribution >= 0.6 is 0 Å². The standard InChI is InChI=1S/C15H28N2O2/c1-3-16-12-10-13-7-8-14(11-12)17(13)9-5-6-15(18)19-4-2/h12-14,16H,3-11H2,1-2H3. The second-order valence-electron chi connectivity index (χ2n) is 5.76. The average Bonchev–Trinajstić information content (AvgIpc) is 2.62. The number of piperidine rings is 1. The van der Waals surface area contributed by atoms with Gasteiger partial charge in [-0.3, -0.25) is 9.69 Å². The number of carbonyl (C=O) groups excluding carboxylic acids is 1. The lowest BCUT2D eigenvalue weighted by Crippen LogP contribution is -2.49. The molecule has 110 valence electrons. The predicted molar refractivity (Wildman–Crippen MR) is 76.1 cm³/mol. The first-order valence-electron chi connectivity index (χ1n) is 7.89. The van der Waals surface area contributed by atoms with Crippen LogP contribution < -0.4 is 5.32 Å². The smallest absolute Gasteiger partial charge is 0.305 e. The summed E-state index contributed by atoms with van der Waals surface area (Å²) in [5.74, 6) is -0.0441. The third kappa shape index (κ3) is 3.93. The van der Waals surface area contributed by atoms with Gasteiger partial charge in [0, 0.05) is 24.5 Å². The number of ether oxygens (including phenoxy) is 1. The van der Waals surface area contributed by atoms with Crippen LogP contribution in [0.1, 0.15) is 52.4 Å². The van der Waals surface area contributed by atoms with Gasteiger partial charge in [0.15, 0.2) is 0 Å². The number of rotatable bonds is 7. The summed E-state index contributed by atoms with van der Waals surface area (Å²) in [4.78, 5) is 14.0. The van der Waals surface area contributed by atoms with Crippen LogP contribution in [0.15, 0.2) is 0 Å². The molecular weight excluding hydrogens is 240 g/mol. The number of nitrogens with zero attached hydrogens (tertiary/aromatic N) is 1. The molecule has 19 heavy (non-hydrogen) atoms. The van der Waals surface area contributed by atoms with Gasteiger partial charge >= 0.3 is 5.97 Å². The maximum Gasteiger partial charge on any atom is 0.305 e. The zero-order valence-electron chi connectivity index (χ0n) is 12.4. The molecule has 4 heteroatoms. The predicted octanol–water partition coefficient (Wildman–Crippen LogP) is 1.93. The Morgan fingerprint density at radius 1 is 1.26 bits per heavy atom. The van der Waals surface area contributed by atoms with E-state index >= 15 is 0 Å². The summed E-state index contributed by atoms with van der Waals surface area (Å²) in [5.41, 5.74) is 0. The van der Waals surface area contributed by atoms with Gasteiger partial charge in [-0.25, -0.2) is 0 Å². The fraction of sp³-hybridized carbons (Fsp3) is 0.933. The maximum absolute atomic E-state index is 11.3. The van der Waals surface area contributed by atoms with E-state index in [4.69, 9.17) is 4.74 Å². The molecule has 2 heterocycles. The number of esters is 1. The largest absolute Gasteiger partial charge is 0.466 e. The van der Waals surface area contributed by atoms with Gasteiger partial charge in [-0.1, -0.05) is 6.92 Å². The van der Waals surface area contributed by atoms with E-state index in [1.54, 1.807) is 0 Å². The summed E-state index contributed by atoms with van der Waals surface area (Å²) < 4.78 is 4.98. The maximum atomic E-state index is 11.3. The van der Waals surface area contributed by atoms with E-state index in [-0.39, 0.29) is 5.97 Å². The van der Waals surface area contributed by atoms with Gasteiger partial charge in [-0.2, -0.15) is 0 Å². The Kier molecular flexibility index (Phi) is 5.64. The van der Waals surface area contributed by atoms with Gasteiger partial charge < -0.3 is 10.1 Å². The van der Waals surface area contributed by atoms with Gasteiger partial charge in [0.1, 0.15) is 0 Å². The molecule has 0 aromatic heterocycles. The van der Waals surface area contributed by atoms with Crippen molar-refractivity contribution in [1.82, 2.24) is 10.2 Å². The first-order valence-corrected chi connectivity index (χ1v) is 7.89. The zero-order chi connectivity index (χ0) is 13.7. The molecule has 2 bridgehead atoms. The van der Waals surface area contributed by atoms with Crippen LogP contribution in [0.5, 0.6) is 0 Å². The monoisotopic (exact) mass is 268 g/mol. The van der Waals surface area contributed by atoms with Crippen LogP contribution in [0, 0.1) is 0 Å². The van der Waals surface area contributed by atoms with Gasteiger partial charge in [0.2, 0.25) is 0 Å². The first-order chi connectivity index (χ1) is 9.24. The van der Waals surface area contributed by atoms with Crippen LogP contribution in [-0.2, 0) is 9.53 Å². The molecule has 0 spiro atoms. The summed E-state index contributed by atoms with van der Waals surface area (Å²) in [7, 11) is 0. The van der Waals surface area contributed by atoms with Crippen molar-refractivity contribution in [3.8, 4) is 0 Å². The van der Waals surface area contributed by atoms with Crippen LogP contribution in [0.25, 0.3) is 0 Å². The molecule has 2 saturated heterocycles. The third-order valence-electron chi connectivity index (χ3n) is 4.48. The molecule has 0 aromatic carbocycles. The summed E-state index contributed by atoms with van der Waals surface area (Å²) >= 11 is 0. The number of carbonyl (C=O) groups is 1. The Morgan fingerprint density at radius 2 is 1.95 bits per heavy atom. The Balaban J connectivity index is 1.72. The molecule has 4 nitrogen and oxygen atoms in total. The van der Waals surface area contributed by atoms with E-state index in [0.29, 0.717) is 19.1 Å². The van der Waals surface area contributed by atoms with Gasteiger partial charge in [0.25, 0.3) is 0 Å². The average molecular weight is 268 g/mol. The summed E-state index contributed by atoms with van der Waals surface area (Å²) in [6, 6.07) is 2.19. The Labute approximate surface area is 116 Å². The van der Waals surface area contributed by atoms with Gasteiger partial charge in [-0.15, -0.1) is 0 Å². The molecular formula is C15H28N2O2. The molecule has 2 rings (SSSR count). The van der Waals surface area contributed by atoms with E-state index in [1.165, 1.54) is 25.7 Å². The van der Waals surface area contributed by atoms with Crippen molar-refractivity contribution in [2.24, 2.45) is 0 Å². The van der Waals surface area contributed by atoms with E-state index in [1.807, 2.05) is 6.92 Å². The van der Waals surface area contributed by atoms with Crippen LogP contribution in [0.3, 0.4) is 0 Å². The molecule has 2 aliphatic heterocycles. The summed E-state index contributed by atoms with van der Waals surface area (Å²) in [6.07, 6.45) is 6.75. The molecule has 1 N–H and O–H groups in total. The molecule has 0 saturated carbocycles. The van der Waals surface area contributed by atoms with Crippen molar-refractivity contribution in [1.29, 1.82) is 0 Å². The topological polar surface area (TPSA) is 41.6 Å². The summed E-state index contributed by atoms with van der Waals surface area (Å²) in [5, 5.41) is 3.60. The van der Waals surface area contributed by atoms with Crippen molar-refractivity contribution < 1.29 is 9.53 Å². The fourth-order valence-electron chi connectivity index (χ4n) is 3.73. The Bertz CT molecular complexity index is 282. The minimum Gasteiger partial charge on any atom is -0.466 e. The van der Waals surface area contributed by atoms with Crippen molar-refractivity contribution in [2.45, 2.75) is 70.5 Å². The second kappa shape index (κ2) is 7.25. The molecule has 0 amide bonds. The molecule has 0 aromatic rings. The van der Waals surface area contributed by atoms with E-state index in [9.17, 15) is 4.79 Å². The van der Waals surface area contributed by atoms with Crippen molar-refractivity contribution in [3.05, 3.63) is 0 Å². The number of hydrogen-bond donors (Lipinski definition) is 1. The second-order valence-corrected chi connectivity index (χ2v) is 5.76. The molecule has 2 atom stereocenters. The zero-order valence-corrected chi connectivity index (χ0v) is 12.4. The highest BCUT2D eigenvalue weighted by atomic mass is 16.5. The molecule has 2 fully saturated rings. The van der Waals surface area contributed by atoms with E-state index < -0.39 is 0 Å². The highest BCUT2D eigenvalue weighted by molar-refractivity contribution is 5.69. The Morgan fingerprint density at radius 3 is 2.53 bits per heavy atom. The number of fused-ring (bicyclic) bond motifs is 2. The highest BCUT2D eigenvalue weighted by Gasteiger charge is 2.39. The molecule has 2 aliphatic rings. The fourth-order valence-corrected chi connectivity index (χ4v) is 3.73. The number of nitrogens with one attached hydrogen (secondary N) is 1. The highest BCUT2D eigenvalue weighted by Crippen LogP contribution is 2.35. The van der Waals surface area contributed by atoms with Crippen molar-refractivity contribution >= 4 is 5.97 Å². The van der Waals surface area contributed by atoms with Crippen LogP contribution in [0.2, 0.25) is 0 Å². The SMILES string of the molecule is CCNC1CC2CCC(C1)N2CCCC(=O)OCC. The molecule has 0 aliphatic carbocycles. The van der Waals surface area contributed by atoms with E-state index in [2.05, 4.69) is 17.1 Å². The molecule has 0 radical (unpaired) electrons. The summed E-state index contributed by atoms with van der Waals surface area (Å²) in [6.45, 7) is 6.69. The van der Waals surface area contributed by atoms with Crippen LogP contribution in [0.4, 0.5) is 0 Å². The van der Waals surface area contributed by atoms with Crippen molar-refractivity contribution in [3.63, 3.8) is 0 Å². The third-order valence-corrected chi connectivity index (χ3v) is 4.48. The van der Waals surface area contributed by atoms with Gasteiger partial charge in [0.05, 0.1) is 6.61 Å². The quantitative estimate of drug-likeness (QED) is 0.716. The first kappa shape index (κ1) is 14.8. The minimum absolute atomic E-state index is 0.0441. The normalized spacial score (nSPS) is 30.5. The van der Waals surface area contributed by atoms with Gasteiger partial charge in [-0.05, 0) is 52.1 Å². The minimum atomic E-state index is -0.0441. The lowest BCUT2D eigenvalue weighted by atomic mass is 9.97. The van der Waals surface area contributed by atoms with Crippen LogP contribution in [-0.4, -0.2) is 48.7 Å². The molecule has 2 unspecified atom stereocenters.